The first-order valence-corrected chi connectivity index (χ1v) is 6.76. The number of hydrogen-bond acceptors (Lipinski definition) is 5. The number of methoxy groups -OCH3 is 1. The highest BCUT2D eigenvalue weighted by Crippen LogP contribution is 2.34. The highest BCUT2D eigenvalue weighted by molar-refractivity contribution is 5.99. The van der Waals surface area contributed by atoms with E-state index in [9.17, 15) is 14.7 Å². The molecule has 122 valence electrons. The van der Waals surface area contributed by atoms with E-state index < -0.39 is 17.7 Å². The second-order valence-corrected chi connectivity index (χ2v) is 5.41. The van der Waals surface area contributed by atoms with Gasteiger partial charge in [-0.2, -0.15) is 0 Å². The smallest absolute Gasteiger partial charge is 0.412 e. The Morgan fingerprint density at radius 3 is 2.32 bits per heavy atom. The molecule has 1 rings (SSSR count). The average Bonchev–Trinajstić information content (AvgIpc) is 2.37. The molecule has 7 heteroatoms. The Morgan fingerprint density at radius 2 is 1.86 bits per heavy atom. The lowest BCUT2D eigenvalue weighted by Gasteiger charge is -2.20. The molecule has 22 heavy (non-hydrogen) atoms. The molecule has 1 amide bonds. The van der Waals surface area contributed by atoms with E-state index >= 15 is 0 Å². The van der Waals surface area contributed by atoms with Gasteiger partial charge in [0, 0.05) is 12.1 Å². The molecule has 1 aromatic carbocycles. The third-order valence-electron chi connectivity index (χ3n) is 2.47. The van der Waals surface area contributed by atoms with Crippen molar-refractivity contribution in [2.45, 2.75) is 33.3 Å². The first-order valence-electron chi connectivity index (χ1n) is 6.76. The SMILES string of the molecule is CCOc1cc(C(=O)O)c(NC(=O)OC(C)(C)C)cc1OC. The van der Waals surface area contributed by atoms with Gasteiger partial charge >= 0.3 is 12.1 Å². The van der Waals surface area contributed by atoms with Crippen LogP contribution < -0.4 is 14.8 Å². The zero-order valence-electron chi connectivity index (χ0n) is 13.4. The van der Waals surface area contributed by atoms with E-state index in [2.05, 4.69) is 5.32 Å². The zero-order valence-corrected chi connectivity index (χ0v) is 13.4. The molecule has 0 aliphatic rings. The van der Waals surface area contributed by atoms with E-state index in [-0.39, 0.29) is 17.0 Å². The van der Waals surface area contributed by atoms with Gasteiger partial charge in [0.25, 0.3) is 0 Å². The summed E-state index contributed by atoms with van der Waals surface area (Å²) < 4.78 is 15.6. The van der Waals surface area contributed by atoms with Gasteiger partial charge < -0.3 is 19.3 Å². The lowest BCUT2D eigenvalue weighted by Crippen LogP contribution is -2.27. The van der Waals surface area contributed by atoms with Crippen LogP contribution in [0.2, 0.25) is 0 Å². The Kier molecular flexibility index (Phi) is 5.62. The molecule has 2 N–H and O–H groups in total. The highest BCUT2D eigenvalue weighted by Gasteiger charge is 2.21. The number of anilines is 1. The van der Waals surface area contributed by atoms with Crippen LogP contribution in [-0.2, 0) is 4.74 Å². The maximum atomic E-state index is 11.8. The molecule has 0 saturated heterocycles. The summed E-state index contributed by atoms with van der Waals surface area (Å²) in [6.45, 7) is 7.26. The fourth-order valence-electron chi connectivity index (χ4n) is 1.68. The molecule has 0 saturated carbocycles. The number of benzene rings is 1. The van der Waals surface area contributed by atoms with Gasteiger partial charge in [0.1, 0.15) is 5.60 Å². The molecule has 0 bridgehead atoms. The Morgan fingerprint density at radius 1 is 1.23 bits per heavy atom. The summed E-state index contributed by atoms with van der Waals surface area (Å²) in [6, 6.07) is 2.69. The second kappa shape index (κ2) is 7.02. The van der Waals surface area contributed by atoms with Crippen molar-refractivity contribution in [3.8, 4) is 11.5 Å². The Balaban J connectivity index is 3.16. The van der Waals surface area contributed by atoms with Crippen molar-refractivity contribution in [3.63, 3.8) is 0 Å². The third-order valence-corrected chi connectivity index (χ3v) is 2.47. The zero-order chi connectivity index (χ0) is 16.9. The van der Waals surface area contributed by atoms with Crippen molar-refractivity contribution in [2.24, 2.45) is 0 Å². The first kappa shape index (κ1) is 17.6. The topological polar surface area (TPSA) is 94.1 Å². The van der Waals surface area contributed by atoms with Crippen molar-refractivity contribution in [2.75, 3.05) is 19.0 Å². The van der Waals surface area contributed by atoms with E-state index in [4.69, 9.17) is 14.2 Å². The Bertz CT molecular complexity index is 562. The predicted octanol–water partition coefficient (Wildman–Crippen LogP) is 3.14. The Hall–Kier alpha value is -2.44. The minimum atomic E-state index is -1.20. The molecule has 0 radical (unpaired) electrons. The molecule has 0 aromatic heterocycles. The fourth-order valence-corrected chi connectivity index (χ4v) is 1.68. The lowest BCUT2D eigenvalue weighted by molar-refractivity contribution is 0.0636. The molecule has 0 spiro atoms. The highest BCUT2D eigenvalue weighted by atomic mass is 16.6. The molecule has 0 unspecified atom stereocenters. The summed E-state index contributed by atoms with van der Waals surface area (Å²) in [4.78, 5) is 23.2. The minimum absolute atomic E-state index is 0.0713. The summed E-state index contributed by atoms with van der Waals surface area (Å²) >= 11 is 0. The molecule has 0 heterocycles. The van der Waals surface area contributed by atoms with Crippen LogP contribution in [0.25, 0.3) is 0 Å². The van der Waals surface area contributed by atoms with E-state index in [1.54, 1.807) is 27.7 Å². The number of carboxylic acid groups (broad SMARTS) is 1. The van der Waals surface area contributed by atoms with Crippen molar-refractivity contribution >= 4 is 17.7 Å². The summed E-state index contributed by atoms with van der Waals surface area (Å²) in [6.07, 6.45) is -0.749. The average molecular weight is 311 g/mol. The maximum Gasteiger partial charge on any atom is 0.412 e. The van der Waals surface area contributed by atoms with Crippen LogP contribution in [0.5, 0.6) is 11.5 Å². The standard InChI is InChI=1S/C15H21NO6/c1-6-21-12-7-9(13(17)18)10(8-11(12)20-5)16-14(19)22-15(2,3)4/h7-8H,6H2,1-5H3,(H,16,19)(H,17,18). The van der Waals surface area contributed by atoms with Gasteiger partial charge in [-0.1, -0.05) is 0 Å². The Labute approximate surface area is 129 Å². The van der Waals surface area contributed by atoms with Crippen LogP contribution in [0.1, 0.15) is 38.1 Å². The second-order valence-electron chi connectivity index (χ2n) is 5.41. The molecule has 0 atom stereocenters. The number of ether oxygens (including phenoxy) is 3. The van der Waals surface area contributed by atoms with Gasteiger partial charge in [-0.05, 0) is 27.7 Å². The van der Waals surface area contributed by atoms with Crippen LogP contribution in [0, 0.1) is 0 Å². The number of carbonyl (C=O) groups excluding carboxylic acids is 1. The molecule has 0 aliphatic heterocycles. The van der Waals surface area contributed by atoms with Crippen LogP contribution in [0.4, 0.5) is 10.5 Å². The van der Waals surface area contributed by atoms with Crippen molar-refractivity contribution < 1.29 is 28.9 Å². The van der Waals surface area contributed by atoms with E-state index in [1.807, 2.05) is 0 Å². The quantitative estimate of drug-likeness (QED) is 0.867. The summed E-state index contributed by atoms with van der Waals surface area (Å²) in [7, 11) is 1.43. The summed E-state index contributed by atoms with van der Waals surface area (Å²) in [5.41, 5.74) is -0.736. The van der Waals surface area contributed by atoms with Crippen molar-refractivity contribution in [1.82, 2.24) is 0 Å². The van der Waals surface area contributed by atoms with Gasteiger partial charge in [-0.3, -0.25) is 5.32 Å². The maximum absolute atomic E-state index is 11.8. The molecule has 0 fully saturated rings. The number of nitrogens with one attached hydrogen (secondary N) is 1. The molecule has 1 aromatic rings. The van der Waals surface area contributed by atoms with Gasteiger partial charge in [0.2, 0.25) is 0 Å². The number of rotatable bonds is 5. The number of hydrogen-bond donors (Lipinski definition) is 2. The molecular formula is C15H21NO6. The number of aromatic carboxylic acids is 1. The monoisotopic (exact) mass is 311 g/mol. The van der Waals surface area contributed by atoms with Crippen molar-refractivity contribution in [1.29, 1.82) is 0 Å². The number of carboxylic acids is 1. The van der Waals surface area contributed by atoms with Crippen molar-refractivity contribution in [3.05, 3.63) is 17.7 Å². The fraction of sp³-hybridized carbons (Fsp3) is 0.467. The number of amides is 1. The van der Waals surface area contributed by atoms with Crippen LogP contribution >= 0.6 is 0 Å². The van der Waals surface area contributed by atoms with Gasteiger partial charge in [-0.15, -0.1) is 0 Å². The number of carbonyl (C=O) groups is 2. The third kappa shape index (κ3) is 4.83. The van der Waals surface area contributed by atoms with Gasteiger partial charge in [0.05, 0.1) is 25.0 Å². The van der Waals surface area contributed by atoms with E-state index in [1.165, 1.54) is 19.2 Å². The lowest BCUT2D eigenvalue weighted by atomic mass is 10.1. The molecule has 0 aliphatic carbocycles. The minimum Gasteiger partial charge on any atom is -0.493 e. The summed E-state index contributed by atoms with van der Waals surface area (Å²) in [5.74, 6) is -0.593. The van der Waals surface area contributed by atoms with Crippen LogP contribution in [0.15, 0.2) is 12.1 Å². The predicted molar refractivity (Wildman–Crippen MR) is 81.0 cm³/mol. The van der Waals surface area contributed by atoms with Gasteiger partial charge in [-0.25, -0.2) is 9.59 Å². The largest absolute Gasteiger partial charge is 0.493 e. The van der Waals surface area contributed by atoms with Crippen LogP contribution in [-0.4, -0.2) is 36.5 Å². The normalized spacial score (nSPS) is 10.8. The molecule has 7 nitrogen and oxygen atoms in total. The molecular weight excluding hydrogens is 290 g/mol. The summed E-state index contributed by atoms with van der Waals surface area (Å²) in [5, 5.41) is 11.7. The van der Waals surface area contributed by atoms with E-state index in [0.717, 1.165) is 0 Å². The van der Waals surface area contributed by atoms with E-state index in [0.29, 0.717) is 12.4 Å². The van der Waals surface area contributed by atoms with Gasteiger partial charge in [0.15, 0.2) is 11.5 Å². The first-order chi connectivity index (χ1) is 10.2. The van der Waals surface area contributed by atoms with Crippen LogP contribution in [0.3, 0.4) is 0 Å².